The van der Waals surface area contributed by atoms with Crippen LogP contribution in [0.2, 0.25) is 0 Å². The Morgan fingerprint density at radius 1 is 1.19 bits per heavy atom. The van der Waals surface area contributed by atoms with Gasteiger partial charge in [0.15, 0.2) is 0 Å². The normalized spacial score (nSPS) is 18.4. The Morgan fingerprint density at radius 2 is 1.92 bits per heavy atom. The summed E-state index contributed by atoms with van der Waals surface area (Å²) in [6, 6.07) is 9.43. The topological polar surface area (TPSA) is 81.6 Å². The lowest BCUT2D eigenvalue weighted by molar-refractivity contribution is 0.119. The Morgan fingerprint density at radius 3 is 2.65 bits per heavy atom. The van der Waals surface area contributed by atoms with Crippen molar-refractivity contribution in [3.05, 3.63) is 47.2 Å². The van der Waals surface area contributed by atoms with Gasteiger partial charge in [-0.15, -0.1) is 0 Å². The molecule has 1 fully saturated rings. The third kappa shape index (κ3) is 5.39. The van der Waals surface area contributed by atoms with Crippen LogP contribution >= 0.6 is 15.9 Å². The number of benzene rings is 1. The number of ether oxygens (including phenoxy) is 2. The molecule has 2 aromatic rings. The van der Waals surface area contributed by atoms with Gasteiger partial charge < -0.3 is 9.47 Å². The maximum absolute atomic E-state index is 12.6. The van der Waals surface area contributed by atoms with Gasteiger partial charge in [0.1, 0.15) is 18.5 Å². The molecule has 0 amide bonds. The molecule has 1 aliphatic rings. The highest BCUT2D eigenvalue weighted by Gasteiger charge is 2.30. The van der Waals surface area contributed by atoms with Crippen molar-refractivity contribution in [2.75, 3.05) is 25.4 Å². The number of halogens is 1. The number of hydrogen-bond donors (Lipinski definition) is 0. The Kier molecular flexibility index (Phi) is 6.44. The van der Waals surface area contributed by atoms with Gasteiger partial charge in [-0.3, -0.25) is 0 Å². The van der Waals surface area contributed by atoms with Gasteiger partial charge in [0.05, 0.1) is 16.8 Å². The van der Waals surface area contributed by atoms with E-state index in [-0.39, 0.29) is 24.5 Å². The molecule has 1 aromatic carbocycles. The molecule has 0 N–H and O–H groups in total. The minimum absolute atomic E-state index is 0.0661. The minimum Gasteiger partial charge on any atom is -0.492 e. The predicted octanol–water partition coefficient (Wildman–Crippen LogP) is 2.49. The molecular formula is C17H20BrN3O4S. The van der Waals surface area contributed by atoms with E-state index in [2.05, 4.69) is 25.9 Å². The number of aromatic nitrogens is 2. The number of nitrogens with zero attached hydrogens (tertiary/aromatic N) is 3. The van der Waals surface area contributed by atoms with Crippen molar-refractivity contribution in [3.63, 3.8) is 0 Å². The monoisotopic (exact) mass is 441 g/mol. The summed E-state index contributed by atoms with van der Waals surface area (Å²) < 4.78 is 38.6. The highest BCUT2D eigenvalue weighted by atomic mass is 79.9. The quantitative estimate of drug-likeness (QED) is 0.656. The van der Waals surface area contributed by atoms with Crippen LogP contribution in [0, 0.1) is 0 Å². The van der Waals surface area contributed by atoms with Gasteiger partial charge in [-0.1, -0.05) is 18.2 Å². The van der Waals surface area contributed by atoms with Crippen LogP contribution in [-0.4, -0.2) is 54.2 Å². The van der Waals surface area contributed by atoms with Gasteiger partial charge in [0.25, 0.3) is 0 Å². The largest absolute Gasteiger partial charge is 0.492 e. The fourth-order valence-corrected chi connectivity index (χ4v) is 4.23. The van der Waals surface area contributed by atoms with Crippen molar-refractivity contribution in [1.82, 2.24) is 14.3 Å². The average molecular weight is 442 g/mol. The number of sulfonamides is 1. The van der Waals surface area contributed by atoms with Crippen molar-refractivity contribution in [3.8, 4) is 11.8 Å². The lowest BCUT2D eigenvalue weighted by atomic mass is 10.1. The predicted molar refractivity (Wildman–Crippen MR) is 101 cm³/mol. The summed E-state index contributed by atoms with van der Waals surface area (Å²) in [6.07, 6.45) is 4.45. The minimum atomic E-state index is -3.41. The number of hydrogen-bond acceptors (Lipinski definition) is 6. The zero-order valence-corrected chi connectivity index (χ0v) is 16.5. The molecule has 3 rings (SSSR count). The summed E-state index contributed by atoms with van der Waals surface area (Å²) in [5.41, 5.74) is 0. The van der Waals surface area contributed by atoms with Gasteiger partial charge in [0, 0.05) is 18.9 Å². The second-order valence-corrected chi connectivity index (χ2v) is 8.91. The van der Waals surface area contributed by atoms with E-state index in [1.54, 1.807) is 24.5 Å². The first-order valence-corrected chi connectivity index (χ1v) is 10.7. The van der Waals surface area contributed by atoms with E-state index in [9.17, 15) is 8.42 Å². The van der Waals surface area contributed by atoms with Crippen LogP contribution in [-0.2, 0) is 10.0 Å². The van der Waals surface area contributed by atoms with Crippen LogP contribution < -0.4 is 9.47 Å². The zero-order valence-electron chi connectivity index (χ0n) is 14.1. The fraction of sp³-hybridized carbons (Fsp3) is 0.412. The Bertz CT molecular complexity index is 803. The van der Waals surface area contributed by atoms with E-state index in [4.69, 9.17) is 9.47 Å². The summed E-state index contributed by atoms with van der Waals surface area (Å²) in [5.74, 6) is 0.596. The Labute approximate surface area is 161 Å². The maximum Gasteiger partial charge on any atom is 0.316 e. The van der Waals surface area contributed by atoms with Crippen LogP contribution in [0.5, 0.6) is 11.8 Å². The van der Waals surface area contributed by atoms with Crippen LogP contribution in [0.1, 0.15) is 12.8 Å². The molecule has 7 nitrogen and oxygen atoms in total. The molecule has 1 aromatic heterocycles. The Hall–Kier alpha value is -1.71. The SMILES string of the molecule is O=S(=O)(CCOc1ccccc1)N1CCCC(Oc2ncc(Br)cn2)C1. The molecule has 1 unspecified atom stereocenters. The molecule has 0 saturated carbocycles. The van der Waals surface area contributed by atoms with Gasteiger partial charge >= 0.3 is 6.01 Å². The number of para-hydroxylation sites is 1. The summed E-state index contributed by atoms with van der Waals surface area (Å²) in [4.78, 5) is 8.15. The van der Waals surface area contributed by atoms with E-state index in [0.717, 1.165) is 17.3 Å². The second-order valence-electron chi connectivity index (χ2n) is 5.90. The first-order valence-electron chi connectivity index (χ1n) is 8.33. The lowest BCUT2D eigenvalue weighted by Gasteiger charge is -2.31. The van der Waals surface area contributed by atoms with Crippen molar-refractivity contribution < 1.29 is 17.9 Å². The molecule has 0 bridgehead atoms. The molecule has 0 radical (unpaired) electrons. The molecule has 1 aliphatic heterocycles. The van der Waals surface area contributed by atoms with Gasteiger partial charge in [-0.2, -0.15) is 4.31 Å². The summed E-state index contributed by atoms with van der Waals surface area (Å²) in [5, 5.41) is 0. The van der Waals surface area contributed by atoms with E-state index in [0.29, 0.717) is 18.8 Å². The fourth-order valence-electron chi connectivity index (χ4n) is 2.67. The molecule has 9 heteroatoms. The third-order valence-corrected chi connectivity index (χ3v) is 6.17. The van der Waals surface area contributed by atoms with E-state index in [1.165, 1.54) is 4.31 Å². The molecule has 0 aliphatic carbocycles. The maximum atomic E-state index is 12.6. The van der Waals surface area contributed by atoms with E-state index >= 15 is 0 Å². The van der Waals surface area contributed by atoms with Gasteiger partial charge in [-0.05, 0) is 40.9 Å². The summed E-state index contributed by atoms with van der Waals surface area (Å²) in [6.45, 7) is 0.909. The Balaban J connectivity index is 1.52. The first kappa shape index (κ1) is 19.1. The van der Waals surface area contributed by atoms with E-state index in [1.807, 2.05) is 18.2 Å². The zero-order chi connectivity index (χ0) is 18.4. The summed E-state index contributed by atoms with van der Waals surface area (Å²) in [7, 11) is -3.41. The van der Waals surface area contributed by atoms with Crippen LogP contribution in [0.15, 0.2) is 47.2 Å². The molecular weight excluding hydrogens is 422 g/mol. The second kappa shape index (κ2) is 8.79. The first-order chi connectivity index (χ1) is 12.5. The number of rotatable bonds is 7. The third-order valence-electron chi connectivity index (χ3n) is 3.96. The summed E-state index contributed by atoms with van der Waals surface area (Å²) >= 11 is 3.27. The molecule has 1 atom stereocenters. The van der Waals surface area contributed by atoms with E-state index < -0.39 is 10.0 Å². The van der Waals surface area contributed by atoms with Crippen molar-refractivity contribution in [1.29, 1.82) is 0 Å². The lowest BCUT2D eigenvalue weighted by Crippen LogP contribution is -2.45. The standard InChI is InChI=1S/C17H20BrN3O4S/c18-14-11-19-17(20-12-14)25-16-7-4-8-21(13-16)26(22,23)10-9-24-15-5-2-1-3-6-15/h1-3,5-6,11-12,16H,4,7-10,13H2. The van der Waals surface area contributed by atoms with Crippen LogP contribution in [0.3, 0.4) is 0 Å². The highest BCUT2D eigenvalue weighted by Crippen LogP contribution is 2.19. The molecule has 1 saturated heterocycles. The average Bonchev–Trinajstić information content (AvgIpc) is 2.65. The van der Waals surface area contributed by atoms with Crippen molar-refractivity contribution in [2.24, 2.45) is 0 Å². The molecule has 140 valence electrons. The molecule has 26 heavy (non-hydrogen) atoms. The van der Waals surface area contributed by atoms with Gasteiger partial charge in [-0.25, -0.2) is 18.4 Å². The van der Waals surface area contributed by atoms with Crippen molar-refractivity contribution >= 4 is 26.0 Å². The van der Waals surface area contributed by atoms with Gasteiger partial charge in [0.2, 0.25) is 10.0 Å². The highest BCUT2D eigenvalue weighted by molar-refractivity contribution is 9.10. The smallest absolute Gasteiger partial charge is 0.316 e. The number of piperidine rings is 1. The van der Waals surface area contributed by atoms with Crippen molar-refractivity contribution in [2.45, 2.75) is 18.9 Å². The van der Waals surface area contributed by atoms with Crippen LogP contribution in [0.25, 0.3) is 0 Å². The molecule has 2 heterocycles. The van der Waals surface area contributed by atoms with Crippen LogP contribution in [0.4, 0.5) is 0 Å². The molecule has 0 spiro atoms.